The predicted molar refractivity (Wildman–Crippen MR) is 53.6 cm³/mol. The summed E-state index contributed by atoms with van der Waals surface area (Å²) in [4.78, 5) is 1.19. The third-order valence-electron chi connectivity index (χ3n) is 2.02. The molecule has 1 atom stereocenters. The van der Waals surface area contributed by atoms with Gasteiger partial charge in [0, 0.05) is 6.54 Å². The summed E-state index contributed by atoms with van der Waals surface area (Å²) in [5, 5.41) is 9.42. The Morgan fingerprint density at radius 3 is 2.47 bits per heavy atom. The fourth-order valence-electron chi connectivity index (χ4n) is 1.26. The number of aliphatic hydroxyl groups is 1. The van der Waals surface area contributed by atoms with Crippen molar-refractivity contribution < 1.29 is 18.3 Å². The van der Waals surface area contributed by atoms with Crippen molar-refractivity contribution in [1.29, 1.82) is 0 Å². The van der Waals surface area contributed by atoms with Gasteiger partial charge in [-0.3, -0.25) is 4.90 Å². The van der Waals surface area contributed by atoms with Crippen LogP contribution in [0, 0.1) is 0 Å². The van der Waals surface area contributed by atoms with E-state index in [0.717, 1.165) is 0 Å². The van der Waals surface area contributed by atoms with Crippen LogP contribution < -0.4 is 0 Å². The van der Waals surface area contributed by atoms with Crippen LogP contribution in [0.2, 0.25) is 0 Å². The Labute approximate surface area is 88.4 Å². The zero-order valence-electron chi connectivity index (χ0n) is 8.93. The minimum atomic E-state index is -4.20. The van der Waals surface area contributed by atoms with Crippen molar-refractivity contribution in [2.45, 2.75) is 32.0 Å². The molecule has 15 heavy (non-hydrogen) atoms. The lowest BCUT2D eigenvalue weighted by Gasteiger charge is -2.24. The number of hydrogen-bond donors (Lipinski definition) is 1. The van der Waals surface area contributed by atoms with Crippen LogP contribution in [0.5, 0.6) is 0 Å². The molecule has 5 heteroatoms. The molecule has 0 spiro atoms. The van der Waals surface area contributed by atoms with Crippen LogP contribution in [0.15, 0.2) is 12.7 Å². The quantitative estimate of drug-likeness (QED) is 0.671. The topological polar surface area (TPSA) is 23.5 Å². The first kappa shape index (κ1) is 14.5. The van der Waals surface area contributed by atoms with Crippen molar-refractivity contribution in [3.05, 3.63) is 12.7 Å². The predicted octanol–water partition coefficient (Wildman–Crippen LogP) is 2.20. The second kappa shape index (κ2) is 6.85. The second-order valence-electron chi connectivity index (χ2n) is 3.46. The van der Waals surface area contributed by atoms with Crippen LogP contribution >= 0.6 is 0 Å². The Balaban J connectivity index is 3.92. The molecule has 0 bridgehead atoms. The van der Waals surface area contributed by atoms with E-state index in [2.05, 4.69) is 6.58 Å². The minimum absolute atomic E-state index is 0.0594. The molecule has 1 unspecified atom stereocenters. The molecular formula is C10H18F3NO. The first-order chi connectivity index (χ1) is 6.89. The van der Waals surface area contributed by atoms with Crippen LogP contribution in [-0.2, 0) is 0 Å². The third-order valence-corrected chi connectivity index (χ3v) is 2.02. The van der Waals surface area contributed by atoms with E-state index in [1.165, 1.54) is 4.90 Å². The summed E-state index contributed by atoms with van der Waals surface area (Å²) in [6.07, 6.45) is -2.20. The Morgan fingerprint density at radius 2 is 2.07 bits per heavy atom. The van der Waals surface area contributed by atoms with Gasteiger partial charge in [0.05, 0.1) is 12.6 Å². The maximum Gasteiger partial charge on any atom is 0.401 e. The minimum Gasteiger partial charge on any atom is -0.392 e. The fourth-order valence-corrected chi connectivity index (χ4v) is 1.26. The Hall–Kier alpha value is -0.550. The largest absolute Gasteiger partial charge is 0.401 e. The number of allylic oxidation sites excluding steroid dienone is 1. The van der Waals surface area contributed by atoms with Crippen LogP contribution in [0.25, 0.3) is 0 Å². The molecule has 0 saturated heterocycles. The zero-order chi connectivity index (χ0) is 11.9. The molecule has 0 amide bonds. The molecule has 0 aromatic rings. The van der Waals surface area contributed by atoms with Gasteiger partial charge < -0.3 is 5.11 Å². The van der Waals surface area contributed by atoms with Gasteiger partial charge in [0.2, 0.25) is 0 Å². The van der Waals surface area contributed by atoms with Crippen molar-refractivity contribution >= 4 is 0 Å². The summed E-state index contributed by atoms with van der Waals surface area (Å²) >= 11 is 0. The molecule has 0 aliphatic heterocycles. The summed E-state index contributed by atoms with van der Waals surface area (Å²) in [6.45, 7) is 4.51. The summed E-state index contributed by atoms with van der Waals surface area (Å²) in [5.41, 5.74) is 0. The van der Waals surface area contributed by atoms with E-state index in [1.807, 2.05) is 0 Å². The molecule has 0 heterocycles. The number of nitrogens with zero attached hydrogens (tertiary/aromatic N) is 1. The smallest absolute Gasteiger partial charge is 0.392 e. The maximum absolute atomic E-state index is 12.1. The number of aliphatic hydroxyl groups excluding tert-OH is 1. The molecular weight excluding hydrogens is 207 g/mol. The van der Waals surface area contributed by atoms with Gasteiger partial charge in [0.25, 0.3) is 0 Å². The molecule has 2 nitrogen and oxygen atoms in total. The van der Waals surface area contributed by atoms with Crippen molar-refractivity contribution in [3.63, 3.8) is 0 Å². The highest BCUT2D eigenvalue weighted by atomic mass is 19.4. The summed E-state index contributed by atoms with van der Waals surface area (Å²) in [6, 6.07) is 0. The number of halogens is 3. The van der Waals surface area contributed by atoms with Gasteiger partial charge in [-0.1, -0.05) is 13.0 Å². The van der Waals surface area contributed by atoms with Gasteiger partial charge in [-0.25, -0.2) is 0 Å². The van der Waals surface area contributed by atoms with Gasteiger partial charge in [-0.05, 0) is 19.4 Å². The van der Waals surface area contributed by atoms with Crippen molar-refractivity contribution in [1.82, 2.24) is 4.90 Å². The SMILES string of the molecule is C=CCCC(O)CN(CC)CC(F)(F)F. The van der Waals surface area contributed by atoms with E-state index in [1.54, 1.807) is 13.0 Å². The average molecular weight is 225 g/mol. The van der Waals surface area contributed by atoms with Crippen LogP contribution in [0.4, 0.5) is 13.2 Å². The van der Waals surface area contributed by atoms with E-state index in [4.69, 9.17) is 0 Å². The fraction of sp³-hybridized carbons (Fsp3) is 0.800. The van der Waals surface area contributed by atoms with E-state index >= 15 is 0 Å². The van der Waals surface area contributed by atoms with E-state index < -0.39 is 18.8 Å². The van der Waals surface area contributed by atoms with Gasteiger partial charge in [-0.15, -0.1) is 6.58 Å². The lowest BCUT2D eigenvalue weighted by atomic mass is 10.2. The van der Waals surface area contributed by atoms with Crippen molar-refractivity contribution in [3.8, 4) is 0 Å². The van der Waals surface area contributed by atoms with Crippen molar-refractivity contribution in [2.24, 2.45) is 0 Å². The van der Waals surface area contributed by atoms with Gasteiger partial charge in [-0.2, -0.15) is 13.2 Å². The lowest BCUT2D eigenvalue weighted by Crippen LogP contribution is -2.39. The van der Waals surface area contributed by atoms with E-state index in [-0.39, 0.29) is 13.1 Å². The zero-order valence-corrected chi connectivity index (χ0v) is 8.93. The molecule has 0 fully saturated rings. The molecule has 0 aromatic heterocycles. The highest BCUT2D eigenvalue weighted by Gasteiger charge is 2.30. The first-order valence-electron chi connectivity index (χ1n) is 4.97. The Kier molecular flexibility index (Phi) is 6.60. The summed E-state index contributed by atoms with van der Waals surface area (Å²) < 4.78 is 36.2. The molecule has 0 aliphatic rings. The molecule has 1 N–H and O–H groups in total. The normalized spacial score (nSPS) is 14.3. The molecule has 0 saturated carbocycles. The van der Waals surface area contributed by atoms with Gasteiger partial charge in [0.15, 0.2) is 0 Å². The molecule has 90 valence electrons. The third kappa shape index (κ3) is 8.44. The first-order valence-corrected chi connectivity index (χ1v) is 4.97. The number of rotatable bonds is 7. The molecule has 0 radical (unpaired) electrons. The van der Waals surface area contributed by atoms with Crippen molar-refractivity contribution in [2.75, 3.05) is 19.6 Å². The second-order valence-corrected chi connectivity index (χ2v) is 3.46. The summed E-state index contributed by atoms with van der Waals surface area (Å²) in [7, 11) is 0. The van der Waals surface area contributed by atoms with E-state index in [9.17, 15) is 18.3 Å². The molecule has 0 rings (SSSR count). The van der Waals surface area contributed by atoms with Gasteiger partial charge >= 0.3 is 6.18 Å². The highest BCUT2D eigenvalue weighted by molar-refractivity contribution is 4.72. The van der Waals surface area contributed by atoms with Crippen LogP contribution in [0.1, 0.15) is 19.8 Å². The standard InChI is InChI=1S/C10H18F3NO/c1-3-5-6-9(15)7-14(4-2)8-10(11,12)13/h3,9,15H,1,4-8H2,2H3. The number of alkyl halides is 3. The summed E-state index contributed by atoms with van der Waals surface area (Å²) in [5.74, 6) is 0. The Morgan fingerprint density at radius 1 is 1.47 bits per heavy atom. The lowest BCUT2D eigenvalue weighted by molar-refractivity contribution is -0.148. The van der Waals surface area contributed by atoms with Gasteiger partial charge in [0.1, 0.15) is 0 Å². The van der Waals surface area contributed by atoms with Crippen LogP contribution in [0.3, 0.4) is 0 Å². The number of likely N-dealkylation sites (N-methyl/N-ethyl adjacent to an activating group) is 1. The van der Waals surface area contributed by atoms with Crippen LogP contribution in [-0.4, -0.2) is 41.9 Å². The Bertz CT molecular complexity index is 182. The highest BCUT2D eigenvalue weighted by Crippen LogP contribution is 2.16. The molecule has 0 aliphatic carbocycles. The number of hydrogen-bond acceptors (Lipinski definition) is 2. The average Bonchev–Trinajstić information content (AvgIpc) is 2.11. The van der Waals surface area contributed by atoms with E-state index in [0.29, 0.717) is 12.8 Å². The molecule has 0 aromatic carbocycles. The monoisotopic (exact) mass is 225 g/mol. The maximum atomic E-state index is 12.1.